The zero-order valence-corrected chi connectivity index (χ0v) is 31.9. The van der Waals surface area contributed by atoms with E-state index in [1.807, 2.05) is 23.6 Å². The second-order valence-corrected chi connectivity index (χ2v) is 15.6. The highest BCUT2D eigenvalue weighted by Gasteiger charge is 2.42. The minimum Gasteiger partial charge on any atom is -0.375 e. The molecule has 0 unspecified atom stereocenters. The lowest BCUT2D eigenvalue weighted by Crippen LogP contribution is -2.40. The Morgan fingerprint density at radius 3 is 1.37 bits per heavy atom. The zero-order valence-electron chi connectivity index (χ0n) is 31.9. The molecule has 4 amide bonds. The third kappa shape index (κ3) is 9.15. The first-order chi connectivity index (χ1) is 24.7. The van der Waals surface area contributed by atoms with Crippen molar-refractivity contribution in [2.45, 2.75) is 33.1 Å². The summed E-state index contributed by atoms with van der Waals surface area (Å²) in [5, 5.41) is 5.84. The van der Waals surface area contributed by atoms with E-state index in [1.165, 1.54) is 55.1 Å². The number of carbonyl (C=O) groups excluding carboxylic acids is 2. The lowest BCUT2D eigenvalue weighted by Gasteiger charge is -2.25. The summed E-state index contributed by atoms with van der Waals surface area (Å²) in [5.74, 6) is 2.43. The van der Waals surface area contributed by atoms with Crippen LogP contribution >= 0.6 is 0 Å². The molecule has 0 bridgehead atoms. The Morgan fingerprint density at radius 1 is 0.588 bits per heavy atom. The molecular formula is C40H63N9O2. The fourth-order valence-corrected chi connectivity index (χ4v) is 8.79. The van der Waals surface area contributed by atoms with Crippen LogP contribution in [0.15, 0.2) is 48.5 Å². The molecular weight excluding hydrogens is 639 g/mol. The standard InChI is InChI=1S/C21H35N5O.C19H28N4O/c1-5-22-21(27)26-15-17-13-25(14-18(17)16-26)20-9-7-19(8-10-20)24(4)12-6-11-23(2)3;1-2-20-19(24)23-13-15-11-22(12-16(15)14-23)18-7-5-17(6-8-18)21-9-3-4-10-21/h7-10,17-18H,5-6,11-16H2,1-4H3,(H,22,27);5-8,15-16H,2-4,9-14H2,1H3,(H,20,24)/t17-,18+;15-,16+. The first-order valence-corrected chi connectivity index (χ1v) is 19.6. The molecule has 11 heteroatoms. The van der Waals surface area contributed by atoms with Crippen LogP contribution < -0.4 is 30.2 Å². The van der Waals surface area contributed by atoms with E-state index >= 15 is 0 Å². The molecule has 0 spiro atoms. The highest BCUT2D eigenvalue weighted by molar-refractivity contribution is 5.75. The number of carbonyl (C=O) groups is 2. The third-order valence-corrected chi connectivity index (χ3v) is 11.6. The molecule has 2 aromatic rings. The second kappa shape index (κ2) is 17.1. The maximum Gasteiger partial charge on any atom is 0.317 e. The van der Waals surface area contributed by atoms with Crippen molar-refractivity contribution in [2.75, 3.05) is 132 Å². The summed E-state index contributed by atoms with van der Waals surface area (Å²) in [6.45, 7) is 17.8. The lowest BCUT2D eigenvalue weighted by molar-refractivity contribution is 0.205. The van der Waals surface area contributed by atoms with E-state index in [0.29, 0.717) is 36.8 Å². The van der Waals surface area contributed by atoms with E-state index in [1.54, 1.807) is 0 Å². The molecule has 51 heavy (non-hydrogen) atoms. The van der Waals surface area contributed by atoms with Crippen LogP contribution in [0.1, 0.15) is 33.1 Å². The van der Waals surface area contributed by atoms with Gasteiger partial charge in [0.15, 0.2) is 0 Å². The van der Waals surface area contributed by atoms with Crippen LogP contribution in [-0.2, 0) is 0 Å². The van der Waals surface area contributed by atoms with E-state index in [-0.39, 0.29) is 12.1 Å². The number of hydrogen-bond donors (Lipinski definition) is 2. The van der Waals surface area contributed by atoms with Gasteiger partial charge in [0.2, 0.25) is 0 Å². The molecule has 5 saturated heterocycles. The maximum absolute atomic E-state index is 12.0. The fourth-order valence-electron chi connectivity index (χ4n) is 8.79. The van der Waals surface area contributed by atoms with Gasteiger partial charge in [-0.05, 0) is 102 Å². The van der Waals surface area contributed by atoms with Gasteiger partial charge in [-0.25, -0.2) is 9.59 Å². The van der Waals surface area contributed by atoms with Gasteiger partial charge in [-0.15, -0.1) is 0 Å². The van der Waals surface area contributed by atoms with Crippen molar-refractivity contribution in [3.63, 3.8) is 0 Å². The topological polar surface area (TPSA) is 80.9 Å². The first-order valence-electron chi connectivity index (χ1n) is 19.6. The van der Waals surface area contributed by atoms with Gasteiger partial charge in [-0.3, -0.25) is 0 Å². The molecule has 2 aromatic carbocycles. The monoisotopic (exact) mass is 702 g/mol. The summed E-state index contributed by atoms with van der Waals surface area (Å²) in [4.78, 5) is 40.0. The minimum atomic E-state index is 0.0973. The van der Waals surface area contributed by atoms with E-state index in [4.69, 9.17) is 0 Å². The average molecular weight is 702 g/mol. The number of amides is 4. The SMILES string of the molecule is CCNC(=O)N1C[C@@H]2CN(c3ccc(N(C)CCCN(C)C)cc3)C[C@@H]2C1.CCNC(=O)N1C[C@@H]2CN(c3ccc(N4CCCC4)cc3)C[C@@H]2C1. The Balaban J connectivity index is 0.000000177. The number of nitrogens with zero attached hydrogens (tertiary/aromatic N) is 7. The van der Waals surface area contributed by atoms with Gasteiger partial charge in [-0.2, -0.15) is 0 Å². The number of hydrogen-bond acceptors (Lipinski definition) is 7. The molecule has 0 aliphatic carbocycles. The number of urea groups is 2. The Labute approximate surface area is 306 Å². The van der Waals surface area contributed by atoms with Crippen LogP contribution in [0.25, 0.3) is 0 Å². The lowest BCUT2D eigenvalue weighted by atomic mass is 10.0. The van der Waals surface area contributed by atoms with Crippen molar-refractivity contribution in [1.29, 1.82) is 0 Å². The highest BCUT2D eigenvalue weighted by Crippen LogP contribution is 2.36. The summed E-state index contributed by atoms with van der Waals surface area (Å²) in [6, 6.07) is 18.3. The molecule has 0 saturated carbocycles. The van der Waals surface area contributed by atoms with Crippen LogP contribution in [0.3, 0.4) is 0 Å². The molecule has 0 radical (unpaired) electrons. The number of nitrogens with one attached hydrogen (secondary N) is 2. The summed E-state index contributed by atoms with van der Waals surface area (Å²) in [6.07, 6.45) is 3.81. The van der Waals surface area contributed by atoms with Crippen molar-refractivity contribution in [2.24, 2.45) is 23.7 Å². The molecule has 7 rings (SSSR count). The number of rotatable bonds is 10. The summed E-state index contributed by atoms with van der Waals surface area (Å²) < 4.78 is 0. The summed E-state index contributed by atoms with van der Waals surface area (Å²) >= 11 is 0. The number of likely N-dealkylation sites (tertiary alicyclic amines) is 2. The Hall–Kier alpha value is -3.86. The van der Waals surface area contributed by atoms with Gasteiger partial charge >= 0.3 is 12.1 Å². The minimum absolute atomic E-state index is 0.0973. The van der Waals surface area contributed by atoms with E-state index < -0.39 is 0 Å². The van der Waals surface area contributed by atoms with Crippen molar-refractivity contribution in [1.82, 2.24) is 25.3 Å². The van der Waals surface area contributed by atoms with Crippen molar-refractivity contribution < 1.29 is 9.59 Å². The van der Waals surface area contributed by atoms with Gasteiger partial charge in [0.1, 0.15) is 0 Å². The molecule has 5 aliphatic rings. The Bertz CT molecular complexity index is 1390. The second-order valence-electron chi connectivity index (χ2n) is 15.6. The number of anilines is 4. The third-order valence-electron chi connectivity index (χ3n) is 11.6. The molecule has 4 atom stereocenters. The normalized spacial score (nSPS) is 23.8. The molecule has 0 aromatic heterocycles. The maximum atomic E-state index is 12.0. The van der Waals surface area contributed by atoms with Gasteiger partial charge in [-0.1, -0.05) is 0 Å². The van der Waals surface area contributed by atoms with Crippen LogP contribution in [-0.4, -0.2) is 140 Å². The average Bonchev–Trinajstić information content (AvgIpc) is 3.96. The fraction of sp³-hybridized carbons (Fsp3) is 0.650. The predicted octanol–water partition coefficient (Wildman–Crippen LogP) is 4.56. The first kappa shape index (κ1) is 36.9. The van der Waals surface area contributed by atoms with Crippen LogP contribution in [0.2, 0.25) is 0 Å². The molecule has 2 N–H and O–H groups in total. The van der Waals surface area contributed by atoms with E-state index in [9.17, 15) is 9.59 Å². The summed E-state index contributed by atoms with van der Waals surface area (Å²) in [5.41, 5.74) is 5.27. The molecule has 5 aliphatic heterocycles. The number of benzene rings is 2. The zero-order chi connectivity index (χ0) is 35.9. The van der Waals surface area contributed by atoms with Gasteiger partial charge in [0.05, 0.1) is 0 Å². The van der Waals surface area contributed by atoms with E-state index in [0.717, 1.165) is 65.4 Å². The predicted molar refractivity (Wildman–Crippen MR) is 210 cm³/mol. The van der Waals surface area contributed by atoms with Gasteiger partial charge < -0.3 is 44.9 Å². The van der Waals surface area contributed by atoms with E-state index in [2.05, 4.69) is 105 Å². The van der Waals surface area contributed by atoms with Crippen LogP contribution in [0.4, 0.5) is 32.3 Å². The number of fused-ring (bicyclic) bond motifs is 2. The molecule has 5 heterocycles. The Morgan fingerprint density at radius 2 is 0.980 bits per heavy atom. The van der Waals surface area contributed by atoms with Crippen LogP contribution in [0, 0.1) is 23.7 Å². The highest BCUT2D eigenvalue weighted by atomic mass is 16.2. The molecule has 11 nitrogen and oxygen atoms in total. The summed E-state index contributed by atoms with van der Waals surface area (Å²) in [7, 11) is 6.41. The largest absolute Gasteiger partial charge is 0.375 e. The smallest absolute Gasteiger partial charge is 0.317 e. The van der Waals surface area contributed by atoms with Gasteiger partial charge in [0.25, 0.3) is 0 Å². The van der Waals surface area contributed by atoms with Crippen molar-refractivity contribution in [3.8, 4) is 0 Å². The molecule has 5 fully saturated rings. The quantitative estimate of drug-likeness (QED) is 0.377. The Kier molecular flexibility index (Phi) is 12.4. The van der Waals surface area contributed by atoms with Crippen molar-refractivity contribution >= 4 is 34.8 Å². The van der Waals surface area contributed by atoms with Crippen LogP contribution in [0.5, 0.6) is 0 Å². The van der Waals surface area contributed by atoms with Crippen molar-refractivity contribution in [3.05, 3.63) is 48.5 Å². The van der Waals surface area contributed by atoms with Gasteiger partial charge in [0, 0.05) is 139 Å². The molecule has 280 valence electrons.